The van der Waals surface area contributed by atoms with E-state index in [0.29, 0.717) is 6.04 Å². The average Bonchev–Trinajstić information content (AvgIpc) is 2.27. The molecule has 0 atom stereocenters. The molecule has 0 radical (unpaired) electrons. The molecule has 16 heavy (non-hydrogen) atoms. The number of rotatable bonds is 2. The van der Waals surface area contributed by atoms with Crippen molar-refractivity contribution >= 4 is 5.69 Å². The van der Waals surface area contributed by atoms with Gasteiger partial charge in [-0.15, -0.1) is 0 Å². The van der Waals surface area contributed by atoms with Crippen LogP contribution in [-0.4, -0.2) is 31.1 Å². The first-order valence-corrected chi connectivity index (χ1v) is 6.17. The Kier molecular flexibility index (Phi) is 3.49. The molecule has 0 aliphatic carbocycles. The molecule has 88 valence electrons. The predicted octanol–water partition coefficient (Wildman–Crippen LogP) is 2.81. The van der Waals surface area contributed by atoms with Crippen LogP contribution in [0.4, 0.5) is 5.69 Å². The summed E-state index contributed by atoms with van der Waals surface area (Å²) < 4.78 is 0. The van der Waals surface area contributed by atoms with Crippen LogP contribution in [0.3, 0.4) is 0 Å². The minimum Gasteiger partial charge on any atom is -0.382 e. The number of piperidine rings is 1. The number of nitrogens with zero attached hydrogens (tertiary/aromatic N) is 1. The maximum Gasteiger partial charge on any atom is 0.0374 e. The summed E-state index contributed by atoms with van der Waals surface area (Å²) in [7, 11) is 2.20. The van der Waals surface area contributed by atoms with Crippen molar-refractivity contribution in [3.63, 3.8) is 0 Å². The van der Waals surface area contributed by atoms with Gasteiger partial charge in [0.25, 0.3) is 0 Å². The highest BCUT2D eigenvalue weighted by Crippen LogP contribution is 2.20. The summed E-state index contributed by atoms with van der Waals surface area (Å²) in [6, 6.07) is 7.28. The van der Waals surface area contributed by atoms with Crippen LogP contribution < -0.4 is 5.32 Å². The summed E-state index contributed by atoms with van der Waals surface area (Å²) in [6.07, 6.45) is 2.51. The molecule has 0 aromatic heterocycles. The van der Waals surface area contributed by atoms with Gasteiger partial charge in [-0.05, 0) is 64.0 Å². The van der Waals surface area contributed by atoms with Crippen molar-refractivity contribution in [2.75, 3.05) is 25.5 Å². The third kappa shape index (κ3) is 2.76. The lowest BCUT2D eigenvalue weighted by Crippen LogP contribution is -2.36. The molecule has 1 N–H and O–H groups in total. The Bertz CT molecular complexity index is 352. The fourth-order valence-electron chi connectivity index (χ4n) is 2.26. The third-order valence-electron chi connectivity index (χ3n) is 3.47. The zero-order valence-electron chi connectivity index (χ0n) is 10.6. The maximum atomic E-state index is 3.68. The van der Waals surface area contributed by atoms with E-state index in [0.717, 1.165) is 0 Å². The Morgan fingerprint density at radius 3 is 2.56 bits per heavy atom. The summed E-state index contributed by atoms with van der Waals surface area (Å²) in [4.78, 5) is 2.40. The minimum atomic E-state index is 0.650. The van der Waals surface area contributed by atoms with Crippen molar-refractivity contribution in [2.45, 2.75) is 32.7 Å². The largest absolute Gasteiger partial charge is 0.382 e. The van der Waals surface area contributed by atoms with E-state index in [4.69, 9.17) is 0 Å². The normalized spacial score (nSPS) is 18.7. The van der Waals surface area contributed by atoms with E-state index in [1.165, 1.54) is 42.7 Å². The maximum absolute atomic E-state index is 3.68. The second-order valence-electron chi connectivity index (χ2n) is 5.04. The molecule has 1 fully saturated rings. The van der Waals surface area contributed by atoms with E-state index in [-0.39, 0.29) is 0 Å². The fraction of sp³-hybridized carbons (Fsp3) is 0.571. The number of aryl methyl sites for hydroxylation is 2. The molecular formula is C14H22N2. The van der Waals surface area contributed by atoms with Gasteiger partial charge in [-0.1, -0.05) is 12.1 Å². The number of hydrogen-bond donors (Lipinski definition) is 1. The van der Waals surface area contributed by atoms with Gasteiger partial charge in [0.15, 0.2) is 0 Å². The zero-order chi connectivity index (χ0) is 11.5. The van der Waals surface area contributed by atoms with Crippen molar-refractivity contribution < 1.29 is 0 Å². The van der Waals surface area contributed by atoms with Crippen molar-refractivity contribution in [1.29, 1.82) is 0 Å². The van der Waals surface area contributed by atoms with Crippen LogP contribution >= 0.6 is 0 Å². The summed E-state index contributed by atoms with van der Waals surface area (Å²) in [5.41, 5.74) is 4.00. The highest BCUT2D eigenvalue weighted by Gasteiger charge is 2.16. The van der Waals surface area contributed by atoms with Gasteiger partial charge in [0.05, 0.1) is 0 Å². The van der Waals surface area contributed by atoms with E-state index < -0.39 is 0 Å². The van der Waals surface area contributed by atoms with Gasteiger partial charge in [-0.2, -0.15) is 0 Å². The molecule has 0 bridgehead atoms. The van der Waals surface area contributed by atoms with E-state index >= 15 is 0 Å². The standard InChI is InChI=1S/C14H22N2/c1-11-4-5-12(2)14(10-11)15-13-6-8-16(3)9-7-13/h4-5,10,13,15H,6-9H2,1-3H3. The van der Waals surface area contributed by atoms with Crippen LogP contribution in [0.25, 0.3) is 0 Å². The summed E-state index contributed by atoms with van der Waals surface area (Å²) in [5.74, 6) is 0. The number of likely N-dealkylation sites (tertiary alicyclic amines) is 1. The first-order valence-electron chi connectivity index (χ1n) is 6.17. The van der Waals surface area contributed by atoms with Crippen molar-refractivity contribution in [2.24, 2.45) is 0 Å². The van der Waals surface area contributed by atoms with Gasteiger partial charge in [0, 0.05) is 11.7 Å². The van der Waals surface area contributed by atoms with Crippen LogP contribution in [0, 0.1) is 13.8 Å². The first-order chi connectivity index (χ1) is 7.65. The molecule has 2 heteroatoms. The minimum absolute atomic E-state index is 0.650. The molecule has 1 aliphatic heterocycles. The molecule has 1 saturated heterocycles. The van der Waals surface area contributed by atoms with Crippen molar-refractivity contribution in [1.82, 2.24) is 4.90 Å². The molecule has 0 unspecified atom stereocenters. The quantitative estimate of drug-likeness (QED) is 0.821. The predicted molar refractivity (Wildman–Crippen MR) is 70.1 cm³/mol. The van der Waals surface area contributed by atoms with Gasteiger partial charge < -0.3 is 10.2 Å². The molecule has 2 rings (SSSR count). The van der Waals surface area contributed by atoms with E-state index in [9.17, 15) is 0 Å². The molecule has 1 aliphatic rings. The third-order valence-corrected chi connectivity index (χ3v) is 3.47. The molecule has 1 aromatic rings. The fourth-order valence-corrected chi connectivity index (χ4v) is 2.26. The topological polar surface area (TPSA) is 15.3 Å². The number of benzene rings is 1. The van der Waals surface area contributed by atoms with Crippen molar-refractivity contribution in [3.05, 3.63) is 29.3 Å². The van der Waals surface area contributed by atoms with Gasteiger partial charge in [0.2, 0.25) is 0 Å². The van der Waals surface area contributed by atoms with E-state index in [2.05, 4.69) is 49.3 Å². The summed E-state index contributed by atoms with van der Waals surface area (Å²) in [6.45, 7) is 6.75. The van der Waals surface area contributed by atoms with E-state index in [1.54, 1.807) is 0 Å². The molecule has 2 nitrogen and oxygen atoms in total. The molecule has 0 amide bonds. The lowest BCUT2D eigenvalue weighted by atomic mass is 10.0. The first kappa shape index (κ1) is 11.5. The molecule has 0 spiro atoms. The Labute approximate surface area is 98.7 Å². The van der Waals surface area contributed by atoms with Gasteiger partial charge >= 0.3 is 0 Å². The van der Waals surface area contributed by atoms with E-state index in [1.807, 2.05) is 0 Å². The second kappa shape index (κ2) is 4.88. The van der Waals surface area contributed by atoms with Gasteiger partial charge in [-0.3, -0.25) is 0 Å². The Morgan fingerprint density at radius 1 is 1.19 bits per heavy atom. The van der Waals surface area contributed by atoms with Crippen LogP contribution in [-0.2, 0) is 0 Å². The molecular weight excluding hydrogens is 196 g/mol. The highest BCUT2D eigenvalue weighted by molar-refractivity contribution is 5.53. The summed E-state index contributed by atoms with van der Waals surface area (Å²) in [5, 5.41) is 3.68. The molecule has 0 saturated carbocycles. The number of hydrogen-bond acceptors (Lipinski definition) is 2. The zero-order valence-corrected chi connectivity index (χ0v) is 10.6. The Hall–Kier alpha value is -1.02. The lowest BCUT2D eigenvalue weighted by molar-refractivity contribution is 0.264. The number of anilines is 1. The lowest BCUT2D eigenvalue weighted by Gasteiger charge is -2.30. The second-order valence-corrected chi connectivity index (χ2v) is 5.04. The van der Waals surface area contributed by atoms with Crippen LogP contribution in [0.1, 0.15) is 24.0 Å². The van der Waals surface area contributed by atoms with Crippen LogP contribution in [0.2, 0.25) is 0 Å². The SMILES string of the molecule is Cc1ccc(C)c(NC2CCN(C)CC2)c1. The van der Waals surface area contributed by atoms with Crippen LogP contribution in [0.15, 0.2) is 18.2 Å². The van der Waals surface area contributed by atoms with Crippen molar-refractivity contribution in [3.8, 4) is 0 Å². The van der Waals surface area contributed by atoms with Gasteiger partial charge in [0.1, 0.15) is 0 Å². The summed E-state index contributed by atoms with van der Waals surface area (Å²) >= 11 is 0. The monoisotopic (exact) mass is 218 g/mol. The Balaban J connectivity index is 2.00. The molecule has 1 heterocycles. The average molecular weight is 218 g/mol. The number of nitrogens with one attached hydrogen (secondary N) is 1. The smallest absolute Gasteiger partial charge is 0.0374 e. The van der Waals surface area contributed by atoms with Gasteiger partial charge in [-0.25, -0.2) is 0 Å². The van der Waals surface area contributed by atoms with Crippen LogP contribution in [0.5, 0.6) is 0 Å². The Morgan fingerprint density at radius 2 is 1.88 bits per heavy atom. The molecule has 1 aromatic carbocycles. The highest BCUT2D eigenvalue weighted by atomic mass is 15.1.